The molecule has 0 aliphatic rings. The van der Waals surface area contributed by atoms with Gasteiger partial charge in [-0.3, -0.25) is 4.21 Å². The van der Waals surface area contributed by atoms with Crippen LogP contribution in [0.4, 0.5) is 0 Å². The summed E-state index contributed by atoms with van der Waals surface area (Å²) in [4.78, 5) is 0. The Bertz CT molecular complexity index is 456. The summed E-state index contributed by atoms with van der Waals surface area (Å²) in [6, 6.07) is 7.06. The zero-order chi connectivity index (χ0) is 12.8. The second kappa shape index (κ2) is 6.75. The van der Waals surface area contributed by atoms with Crippen molar-refractivity contribution in [3.63, 3.8) is 0 Å². The van der Waals surface area contributed by atoms with Gasteiger partial charge in [0.1, 0.15) is 0 Å². The molecular formula is C12H15ClN2OS. The zero-order valence-corrected chi connectivity index (χ0v) is 11.2. The molecule has 0 saturated carbocycles. The van der Waals surface area contributed by atoms with Crippen LogP contribution >= 0.6 is 11.6 Å². The third-order valence-electron chi connectivity index (χ3n) is 2.50. The first-order valence-electron chi connectivity index (χ1n) is 5.34. The molecule has 92 valence electrons. The molecule has 2 unspecified atom stereocenters. The SMILES string of the molecule is CC(CCN)S(=O)Cc1ccc(C#N)cc1Cl. The molecule has 0 aliphatic heterocycles. The predicted molar refractivity (Wildman–Crippen MR) is 71.1 cm³/mol. The monoisotopic (exact) mass is 270 g/mol. The fraction of sp³-hybridized carbons (Fsp3) is 0.417. The highest BCUT2D eigenvalue weighted by molar-refractivity contribution is 7.84. The number of nitrogens with two attached hydrogens (primary N) is 1. The van der Waals surface area contributed by atoms with Crippen molar-refractivity contribution in [1.29, 1.82) is 5.26 Å². The average Bonchev–Trinajstić information content (AvgIpc) is 2.31. The number of benzene rings is 1. The number of nitrogens with zero attached hydrogens (tertiary/aromatic N) is 1. The summed E-state index contributed by atoms with van der Waals surface area (Å²) in [7, 11) is -0.982. The van der Waals surface area contributed by atoms with Crippen LogP contribution in [0.2, 0.25) is 5.02 Å². The number of nitriles is 1. The second-order valence-corrected chi connectivity index (χ2v) is 6.09. The molecule has 0 aromatic heterocycles. The van der Waals surface area contributed by atoms with Gasteiger partial charge in [0.2, 0.25) is 0 Å². The van der Waals surface area contributed by atoms with E-state index in [0.29, 0.717) is 22.9 Å². The Balaban J connectivity index is 2.76. The molecule has 0 fully saturated rings. The molecule has 0 amide bonds. The average molecular weight is 271 g/mol. The maximum Gasteiger partial charge on any atom is 0.0992 e. The Hall–Kier alpha value is -0.890. The fourth-order valence-corrected chi connectivity index (χ4v) is 2.96. The van der Waals surface area contributed by atoms with Gasteiger partial charge in [0.05, 0.1) is 17.4 Å². The first kappa shape index (κ1) is 14.2. The molecule has 1 aromatic carbocycles. The minimum absolute atomic E-state index is 0.0618. The van der Waals surface area contributed by atoms with E-state index >= 15 is 0 Å². The van der Waals surface area contributed by atoms with E-state index in [-0.39, 0.29) is 5.25 Å². The molecule has 1 rings (SSSR count). The Kier molecular flexibility index (Phi) is 5.63. The van der Waals surface area contributed by atoms with Crippen molar-refractivity contribution in [3.8, 4) is 6.07 Å². The van der Waals surface area contributed by atoms with Crippen LogP contribution in [0, 0.1) is 11.3 Å². The van der Waals surface area contributed by atoms with Crippen molar-refractivity contribution in [2.24, 2.45) is 5.73 Å². The van der Waals surface area contributed by atoms with Crippen LogP contribution in [0.15, 0.2) is 18.2 Å². The smallest absolute Gasteiger partial charge is 0.0992 e. The topological polar surface area (TPSA) is 66.9 Å². The van der Waals surface area contributed by atoms with Crippen molar-refractivity contribution in [3.05, 3.63) is 34.3 Å². The third-order valence-corrected chi connectivity index (χ3v) is 4.58. The van der Waals surface area contributed by atoms with Gasteiger partial charge in [0.15, 0.2) is 0 Å². The molecule has 0 bridgehead atoms. The van der Waals surface area contributed by atoms with Gasteiger partial charge < -0.3 is 5.73 Å². The van der Waals surface area contributed by atoms with Gasteiger partial charge in [-0.1, -0.05) is 24.6 Å². The van der Waals surface area contributed by atoms with E-state index in [2.05, 4.69) is 0 Å². The fourth-order valence-electron chi connectivity index (χ4n) is 1.40. The normalized spacial score (nSPS) is 14.0. The Morgan fingerprint density at radius 3 is 2.82 bits per heavy atom. The Morgan fingerprint density at radius 1 is 1.59 bits per heavy atom. The lowest BCUT2D eigenvalue weighted by molar-refractivity contribution is 0.665. The predicted octanol–water partition coefficient (Wildman–Crippen LogP) is 2.20. The lowest BCUT2D eigenvalue weighted by Crippen LogP contribution is -2.17. The zero-order valence-electron chi connectivity index (χ0n) is 9.65. The molecule has 0 saturated heterocycles. The van der Waals surface area contributed by atoms with E-state index in [4.69, 9.17) is 22.6 Å². The maximum atomic E-state index is 11.9. The minimum atomic E-state index is -0.982. The molecule has 0 radical (unpaired) electrons. The van der Waals surface area contributed by atoms with Gasteiger partial charge in [0.25, 0.3) is 0 Å². The maximum absolute atomic E-state index is 11.9. The summed E-state index contributed by atoms with van der Waals surface area (Å²) in [5, 5.41) is 9.27. The molecule has 3 nitrogen and oxygen atoms in total. The molecule has 0 aliphatic carbocycles. The number of hydrogen-bond donors (Lipinski definition) is 1. The van der Waals surface area contributed by atoms with Gasteiger partial charge in [0, 0.05) is 21.1 Å². The van der Waals surface area contributed by atoms with Crippen LogP contribution in [0.5, 0.6) is 0 Å². The molecule has 17 heavy (non-hydrogen) atoms. The van der Waals surface area contributed by atoms with Crippen LogP contribution < -0.4 is 5.73 Å². The van der Waals surface area contributed by atoms with E-state index in [0.717, 1.165) is 12.0 Å². The molecule has 1 aromatic rings. The van der Waals surface area contributed by atoms with Gasteiger partial charge in [-0.2, -0.15) is 5.26 Å². The van der Waals surface area contributed by atoms with Crippen LogP contribution in [-0.2, 0) is 16.6 Å². The third kappa shape index (κ3) is 4.12. The first-order chi connectivity index (χ1) is 8.08. The Labute approximate surface area is 109 Å². The van der Waals surface area contributed by atoms with Crippen molar-refractivity contribution < 1.29 is 4.21 Å². The molecular weight excluding hydrogens is 256 g/mol. The van der Waals surface area contributed by atoms with E-state index in [1.54, 1.807) is 18.2 Å². The largest absolute Gasteiger partial charge is 0.330 e. The van der Waals surface area contributed by atoms with Gasteiger partial charge in [-0.05, 0) is 30.7 Å². The van der Waals surface area contributed by atoms with Crippen molar-refractivity contribution in [2.45, 2.75) is 24.3 Å². The van der Waals surface area contributed by atoms with Crippen LogP contribution in [-0.4, -0.2) is 16.0 Å². The highest BCUT2D eigenvalue weighted by atomic mass is 35.5. The quantitative estimate of drug-likeness (QED) is 0.892. The highest BCUT2D eigenvalue weighted by Gasteiger charge is 2.12. The summed E-state index contributed by atoms with van der Waals surface area (Å²) in [6.07, 6.45) is 0.737. The van der Waals surface area contributed by atoms with Gasteiger partial charge in [-0.15, -0.1) is 0 Å². The van der Waals surface area contributed by atoms with E-state index in [9.17, 15) is 4.21 Å². The van der Waals surface area contributed by atoms with Crippen LogP contribution in [0.25, 0.3) is 0 Å². The minimum Gasteiger partial charge on any atom is -0.330 e. The number of rotatable bonds is 5. The van der Waals surface area contributed by atoms with Crippen molar-refractivity contribution >= 4 is 22.4 Å². The van der Waals surface area contributed by atoms with Crippen LogP contribution in [0.3, 0.4) is 0 Å². The van der Waals surface area contributed by atoms with Gasteiger partial charge in [-0.25, -0.2) is 0 Å². The standard InChI is InChI=1S/C12H15ClN2OS/c1-9(4-5-14)17(16)8-11-3-2-10(7-15)6-12(11)13/h2-3,6,9H,4-5,8,14H2,1H3. The summed E-state index contributed by atoms with van der Waals surface area (Å²) in [5.41, 5.74) is 6.76. The molecule has 0 heterocycles. The first-order valence-corrected chi connectivity index (χ1v) is 7.10. The molecule has 2 N–H and O–H groups in total. The number of hydrogen-bond acceptors (Lipinski definition) is 3. The van der Waals surface area contributed by atoms with E-state index < -0.39 is 10.8 Å². The second-order valence-electron chi connectivity index (χ2n) is 3.83. The summed E-state index contributed by atoms with van der Waals surface area (Å²) in [5.74, 6) is 0.408. The summed E-state index contributed by atoms with van der Waals surface area (Å²) in [6.45, 7) is 2.45. The summed E-state index contributed by atoms with van der Waals surface area (Å²) < 4.78 is 11.9. The molecule has 2 atom stereocenters. The van der Waals surface area contributed by atoms with Crippen molar-refractivity contribution in [1.82, 2.24) is 0 Å². The molecule has 0 spiro atoms. The lowest BCUT2D eigenvalue weighted by atomic mass is 10.2. The highest BCUT2D eigenvalue weighted by Crippen LogP contribution is 2.20. The molecule has 5 heteroatoms. The van der Waals surface area contributed by atoms with E-state index in [1.807, 2.05) is 13.0 Å². The van der Waals surface area contributed by atoms with Gasteiger partial charge >= 0.3 is 0 Å². The van der Waals surface area contributed by atoms with Crippen molar-refractivity contribution in [2.75, 3.05) is 6.54 Å². The lowest BCUT2D eigenvalue weighted by Gasteiger charge is -2.11. The summed E-state index contributed by atoms with van der Waals surface area (Å²) >= 11 is 6.02. The van der Waals surface area contributed by atoms with E-state index in [1.165, 1.54) is 0 Å². The number of halogens is 1. The van der Waals surface area contributed by atoms with Crippen LogP contribution in [0.1, 0.15) is 24.5 Å². The Morgan fingerprint density at radius 2 is 2.29 bits per heavy atom.